The molecule has 1 aliphatic rings. The molecule has 0 saturated heterocycles. The molecule has 2 heterocycles. The molecule has 3 heteroatoms. The maximum Gasteiger partial charge on any atom is 0.133 e. The van der Waals surface area contributed by atoms with E-state index >= 15 is 0 Å². The van der Waals surface area contributed by atoms with E-state index in [0.717, 1.165) is 25.1 Å². The summed E-state index contributed by atoms with van der Waals surface area (Å²) in [5, 5.41) is 8.20. The van der Waals surface area contributed by atoms with Crippen LogP contribution in [0.5, 0.6) is 0 Å². The topological polar surface area (TPSA) is 29.9 Å². The van der Waals surface area contributed by atoms with Gasteiger partial charge in [0.1, 0.15) is 5.82 Å². The third-order valence-corrected chi connectivity index (χ3v) is 3.80. The zero-order chi connectivity index (χ0) is 12.7. The molecule has 1 aliphatic heterocycles. The maximum absolute atomic E-state index is 4.75. The van der Waals surface area contributed by atoms with Crippen molar-refractivity contribution < 1.29 is 0 Å². The second-order valence-corrected chi connectivity index (χ2v) is 4.98. The van der Waals surface area contributed by atoms with E-state index in [9.17, 15) is 0 Å². The predicted molar refractivity (Wildman–Crippen MR) is 74.6 cm³/mol. The van der Waals surface area contributed by atoms with Gasteiger partial charge < -0.3 is 5.32 Å². The minimum absolute atomic E-state index is 1.00. The van der Waals surface area contributed by atoms with Crippen LogP contribution >= 0.6 is 0 Å². The summed E-state index contributed by atoms with van der Waals surface area (Å²) < 4.78 is 2.06. The van der Waals surface area contributed by atoms with Crippen LogP contribution in [0.4, 0.5) is 5.82 Å². The smallest absolute Gasteiger partial charge is 0.133 e. The second kappa shape index (κ2) is 4.16. The van der Waals surface area contributed by atoms with Crippen molar-refractivity contribution in [1.82, 2.24) is 9.78 Å². The standard InChI is InChI=1S/C15H19N3/c1-4-14-13-7-8-16-15(13)18(17-14)12-6-5-10(2)11(3)9-12/h5-6,9,16H,4,7-8H2,1-3H3. The highest BCUT2D eigenvalue weighted by Crippen LogP contribution is 2.29. The molecule has 3 nitrogen and oxygen atoms in total. The lowest BCUT2D eigenvalue weighted by Crippen LogP contribution is -2.05. The first-order valence-electron chi connectivity index (χ1n) is 6.63. The minimum Gasteiger partial charge on any atom is -0.369 e. The van der Waals surface area contributed by atoms with Gasteiger partial charge in [-0.1, -0.05) is 13.0 Å². The van der Waals surface area contributed by atoms with Crippen LogP contribution in [0.3, 0.4) is 0 Å². The van der Waals surface area contributed by atoms with Gasteiger partial charge >= 0.3 is 0 Å². The fourth-order valence-electron chi connectivity index (χ4n) is 2.57. The minimum atomic E-state index is 1.00. The van der Waals surface area contributed by atoms with Gasteiger partial charge in [0.15, 0.2) is 0 Å². The Morgan fingerprint density at radius 2 is 2.11 bits per heavy atom. The molecule has 0 bridgehead atoms. The van der Waals surface area contributed by atoms with Crippen molar-refractivity contribution in [3.8, 4) is 5.69 Å². The first-order valence-corrected chi connectivity index (χ1v) is 6.63. The Balaban J connectivity index is 2.14. The molecule has 0 fully saturated rings. The monoisotopic (exact) mass is 241 g/mol. The van der Waals surface area contributed by atoms with Crippen LogP contribution in [0, 0.1) is 13.8 Å². The number of nitrogens with zero attached hydrogens (tertiary/aromatic N) is 2. The average Bonchev–Trinajstić information content (AvgIpc) is 2.94. The highest BCUT2D eigenvalue weighted by molar-refractivity contribution is 5.57. The Hall–Kier alpha value is -1.77. The van der Waals surface area contributed by atoms with E-state index in [1.54, 1.807) is 0 Å². The number of aromatic nitrogens is 2. The molecular formula is C15H19N3. The van der Waals surface area contributed by atoms with Crippen LogP contribution in [0.2, 0.25) is 0 Å². The SMILES string of the molecule is CCc1nn(-c2ccc(C)c(C)c2)c2c1CCN2. The number of benzene rings is 1. The molecule has 0 saturated carbocycles. The van der Waals surface area contributed by atoms with Crippen molar-refractivity contribution in [3.63, 3.8) is 0 Å². The summed E-state index contributed by atoms with van der Waals surface area (Å²) in [7, 11) is 0. The molecule has 18 heavy (non-hydrogen) atoms. The lowest BCUT2D eigenvalue weighted by atomic mass is 10.1. The first-order chi connectivity index (χ1) is 8.70. The normalized spacial score (nSPS) is 13.5. The van der Waals surface area contributed by atoms with Gasteiger partial charge in [0, 0.05) is 12.1 Å². The summed E-state index contributed by atoms with van der Waals surface area (Å²) in [5.74, 6) is 1.19. The number of hydrogen-bond acceptors (Lipinski definition) is 2. The quantitative estimate of drug-likeness (QED) is 0.876. The maximum atomic E-state index is 4.75. The Labute approximate surface area is 108 Å². The molecule has 94 valence electrons. The fourth-order valence-corrected chi connectivity index (χ4v) is 2.57. The third-order valence-electron chi connectivity index (χ3n) is 3.80. The van der Waals surface area contributed by atoms with Crippen molar-refractivity contribution in [2.45, 2.75) is 33.6 Å². The van der Waals surface area contributed by atoms with E-state index in [1.165, 1.54) is 28.2 Å². The number of fused-ring (bicyclic) bond motifs is 1. The van der Waals surface area contributed by atoms with Crippen molar-refractivity contribution in [2.24, 2.45) is 0 Å². The van der Waals surface area contributed by atoms with Gasteiger partial charge in [-0.05, 0) is 49.9 Å². The number of anilines is 1. The largest absolute Gasteiger partial charge is 0.369 e. The van der Waals surface area contributed by atoms with Crippen LogP contribution < -0.4 is 5.32 Å². The Bertz CT molecular complexity index is 596. The molecule has 1 aromatic heterocycles. The van der Waals surface area contributed by atoms with Crippen molar-refractivity contribution >= 4 is 5.82 Å². The number of nitrogens with one attached hydrogen (secondary N) is 1. The molecule has 0 spiro atoms. The summed E-state index contributed by atoms with van der Waals surface area (Å²) in [6.07, 6.45) is 2.10. The molecule has 3 rings (SSSR count). The summed E-state index contributed by atoms with van der Waals surface area (Å²) in [6.45, 7) is 7.50. The summed E-state index contributed by atoms with van der Waals surface area (Å²) >= 11 is 0. The van der Waals surface area contributed by atoms with Crippen LogP contribution in [0.15, 0.2) is 18.2 Å². The first kappa shape index (κ1) is 11.3. The fraction of sp³-hybridized carbons (Fsp3) is 0.400. The van der Waals surface area contributed by atoms with E-state index in [4.69, 9.17) is 5.10 Å². The lowest BCUT2D eigenvalue weighted by molar-refractivity contribution is 0.831. The van der Waals surface area contributed by atoms with Crippen molar-refractivity contribution in [1.29, 1.82) is 0 Å². The van der Waals surface area contributed by atoms with Gasteiger partial charge in [0.05, 0.1) is 11.4 Å². The highest BCUT2D eigenvalue weighted by atomic mass is 15.3. The van der Waals surface area contributed by atoms with Crippen LogP contribution in [-0.2, 0) is 12.8 Å². The van der Waals surface area contributed by atoms with E-state index < -0.39 is 0 Å². The van der Waals surface area contributed by atoms with Crippen LogP contribution in [0.1, 0.15) is 29.3 Å². The summed E-state index contributed by atoms with van der Waals surface area (Å²) in [5.41, 5.74) is 6.42. The van der Waals surface area contributed by atoms with Crippen LogP contribution in [-0.4, -0.2) is 16.3 Å². The molecule has 0 amide bonds. The molecule has 0 unspecified atom stereocenters. The van der Waals surface area contributed by atoms with E-state index in [-0.39, 0.29) is 0 Å². The van der Waals surface area contributed by atoms with E-state index in [2.05, 4.69) is 49.0 Å². The van der Waals surface area contributed by atoms with Crippen molar-refractivity contribution in [2.75, 3.05) is 11.9 Å². The van der Waals surface area contributed by atoms with Gasteiger partial charge in [-0.15, -0.1) is 0 Å². The van der Waals surface area contributed by atoms with E-state index in [1.807, 2.05) is 0 Å². The molecule has 1 N–H and O–H groups in total. The zero-order valence-electron chi connectivity index (χ0n) is 11.2. The molecule has 0 radical (unpaired) electrons. The Morgan fingerprint density at radius 3 is 2.83 bits per heavy atom. The average molecular weight is 241 g/mol. The molecular weight excluding hydrogens is 222 g/mol. The zero-order valence-corrected chi connectivity index (χ0v) is 11.2. The lowest BCUT2D eigenvalue weighted by Gasteiger charge is -2.08. The third kappa shape index (κ3) is 1.62. The second-order valence-electron chi connectivity index (χ2n) is 4.98. The van der Waals surface area contributed by atoms with Crippen molar-refractivity contribution in [3.05, 3.63) is 40.6 Å². The molecule has 0 aliphatic carbocycles. The molecule has 2 aromatic rings. The van der Waals surface area contributed by atoms with Gasteiger partial charge in [0.2, 0.25) is 0 Å². The summed E-state index contributed by atoms with van der Waals surface area (Å²) in [4.78, 5) is 0. The molecule has 0 atom stereocenters. The Kier molecular flexibility index (Phi) is 2.62. The Morgan fingerprint density at radius 1 is 1.28 bits per heavy atom. The molecule has 1 aromatic carbocycles. The van der Waals surface area contributed by atoms with Gasteiger partial charge in [0.25, 0.3) is 0 Å². The van der Waals surface area contributed by atoms with Gasteiger partial charge in [-0.2, -0.15) is 5.10 Å². The number of aryl methyl sites for hydroxylation is 3. The number of rotatable bonds is 2. The highest BCUT2D eigenvalue weighted by Gasteiger charge is 2.21. The van der Waals surface area contributed by atoms with E-state index in [0.29, 0.717) is 0 Å². The number of hydrogen-bond donors (Lipinski definition) is 1. The predicted octanol–water partition coefficient (Wildman–Crippen LogP) is 3.02. The summed E-state index contributed by atoms with van der Waals surface area (Å²) in [6, 6.07) is 6.52. The van der Waals surface area contributed by atoms with Gasteiger partial charge in [-0.3, -0.25) is 0 Å². The van der Waals surface area contributed by atoms with Gasteiger partial charge in [-0.25, -0.2) is 4.68 Å². The van der Waals surface area contributed by atoms with Crippen LogP contribution in [0.25, 0.3) is 5.69 Å².